The Bertz CT molecular complexity index is 736. The van der Waals surface area contributed by atoms with Crippen molar-refractivity contribution in [3.63, 3.8) is 0 Å². The molecule has 1 unspecified atom stereocenters. The van der Waals surface area contributed by atoms with Crippen molar-refractivity contribution in [2.45, 2.75) is 32.7 Å². The zero-order valence-electron chi connectivity index (χ0n) is 12.3. The highest BCUT2D eigenvalue weighted by Crippen LogP contribution is 2.26. The number of rotatable bonds is 2. The zero-order chi connectivity index (χ0) is 15.0. The molecule has 0 saturated carbocycles. The van der Waals surface area contributed by atoms with Gasteiger partial charge in [-0.15, -0.1) is 0 Å². The van der Waals surface area contributed by atoms with E-state index in [4.69, 9.17) is 0 Å². The van der Waals surface area contributed by atoms with Gasteiger partial charge in [0.1, 0.15) is 0 Å². The van der Waals surface area contributed by atoms with Gasteiger partial charge in [-0.25, -0.2) is 5.10 Å². The summed E-state index contributed by atoms with van der Waals surface area (Å²) >= 11 is 0. The fourth-order valence-corrected chi connectivity index (χ4v) is 3.15. The summed E-state index contributed by atoms with van der Waals surface area (Å²) in [6, 6.07) is 7.37. The van der Waals surface area contributed by atoms with Gasteiger partial charge < -0.3 is 4.90 Å². The second-order valence-electron chi connectivity index (χ2n) is 5.90. The normalized spacial score (nSPS) is 18.6. The summed E-state index contributed by atoms with van der Waals surface area (Å²) < 4.78 is 0. The monoisotopic (exact) mass is 285 g/mol. The van der Waals surface area contributed by atoms with Crippen LogP contribution in [0.2, 0.25) is 0 Å². The van der Waals surface area contributed by atoms with Crippen LogP contribution >= 0.6 is 0 Å². The summed E-state index contributed by atoms with van der Waals surface area (Å²) in [5.41, 5.74) is 0.0849. The molecule has 21 heavy (non-hydrogen) atoms. The lowest BCUT2D eigenvalue weighted by Gasteiger charge is -2.27. The van der Waals surface area contributed by atoms with Gasteiger partial charge in [-0.3, -0.25) is 9.59 Å². The topological polar surface area (TPSA) is 66.1 Å². The first-order valence-corrected chi connectivity index (χ1v) is 7.38. The van der Waals surface area contributed by atoms with Gasteiger partial charge in [0.05, 0.1) is 5.39 Å². The Morgan fingerprint density at radius 3 is 2.76 bits per heavy atom. The molecule has 5 nitrogen and oxygen atoms in total. The number of H-pyrrole nitrogens is 1. The van der Waals surface area contributed by atoms with E-state index in [2.05, 4.69) is 24.0 Å². The molecule has 5 heteroatoms. The van der Waals surface area contributed by atoms with Crippen LogP contribution in [0.1, 0.15) is 37.2 Å². The molecular weight excluding hydrogens is 266 g/mol. The minimum absolute atomic E-state index is 0.0846. The second-order valence-corrected chi connectivity index (χ2v) is 5.90. The van der Waals surface area contributed by atoms with Crippen molar-refractivity contribution < 1.29 is 4.79 Å². The number of nitrogens with one attached hydrogen (secondary N) is 1. The molecule has 0 radical (unpaired) electrons. The van der Waals surface area contributed by atoms with Crippen LogP contribution in [0.25, 0.3) is 10.8 Å². The fourth-order valence-electron chi connectivity index (χ4n) is 3.15. The lowest BCUT2D eigenvalue weighted by atomic mass is 10.0. The molecule has 3 rings (SSSR count). The number of aromatic amines is 1. The first-order valence-electron chi connectivity index (χ1n) is 7.38. The number of hydrogen-bond donors (Lipinski definition) is 1. The number of fused-ring (bicyclic) bond motifs is 1. The summed E-state index contributed by atoms with van der Waals surface area (Å²) in [4.78, 5) is 26.5. The summed E-state index contributed by atoms with van der Waals surface area (Å²) in [6.45, 7) is 5.03. The number of aromatic nitrogens is 2. The second kappa shape index (κ2) is 5.31. The predicted molar refractivity (Wildman–Crippen MR) is 81.3 cm³/mol. The van der Waals surface area contributed by atoms with E-state index < -0.39 is 0 Å². The molecule has 1 aliphatic heterocycles. The van der Waals surface area contributed by atoms with E-state index in [1.165, 1.54) is 0 Å². The number of carbonyl (C=O) groups is 1. The molecule has 0 aliphatic carbocycles. The molecule has 1 saturated heterocycles. The number of carbonyl (C=O) groups excluding carboxylic acids is 1. The third-order valence-electron chi connectivity index (χ3n) is 4.23. The highest BCUT2D eigenvalue weighted by Gasteiger charge is 2.32. The van der Waals surface area contributed by atoms with E-state index in [1.807, 2.05) is 11.0 Å². The van der Waals surface area contributed by atoms with Crippen LogP contribution in [0.5, 0.6) is 0 Å². The Hall–Kier alpha value is -2.17. The Morgan fingerprint density at radius 2 is 2.05 bits per heavy atom. The summed E-state index contributed by atoms with van der Waals surface area (Å²) in [5.74, 6) is 0.337. The van der Waals surface area contributed by atoms with E-state index in [-0.39, 0.29) is 17.5 Å². The molecule has 1 N–H and O–H groups in total. The average Bonchev–Trinajstić information content (AvgIpc) is 2.97. The molecule has 1 fully saturated rings. The molecule has 0 bridgehead atoms. The van der Waals surface area contributed by atoms with Gasteiger partial charge in [0.15, 0.2) is 5.69 Å². The van der Waals surface area contributed by atoms with E-state index in [0.29, 0.717) is 22.4 Å². The average molecular weight is 285 g/mol. The summed E-state index contributed by atoms with van der Waals surface area (Å²) in [7, 11) is 0. The van der Waals surface area contributed by atoms with Gasteiger partial charge in [0.2, 0.25) is 0 Å². The van der Waals surface area contributed by atoms with Gasteiger partial charge in [0, 0.05) is 18.0 Å². The third kappa shape index (κ3) is 2.33. The van der Waals surface area contributed by atoms with E-state index in [9.17, 15) is 9.59 Å². The SMILES string of the molecule is CC(C)C1CCCN1C(=O)c1n[nH]c(=O)c2ccccc12. The predicted octanol–water partition coefficient (Wildman–Crippen LogP) is 2.18. The van der Waals surface area contributed by atoms with E-state index in [0.717, 1.165) is 19.4 Å². The minimum Gasteiger partial charge on any atom is -0.334 e. The largest absolute Gasteiger partial charge is 0.334 e. The van der Waals surface area contributed by atoms with Crippen LogP contribution in [-0.2, 0) is 0 Å². The van der Waals surface area contributed by atoms with Gasteiger partial charge in [0.25, 0.3) is 11.5 Å². The highest BCUT2D eigenvalue weighted by molar-refractivity contribution is 6.04. The van der Waals surface area contributed by atoms with Gasteiger partial charge >= 0.3 is 0 Å². The zero-order valence-corrected chi connectivity index (χ0v) is 12.3. The molecule has 1 aliphatic rings. The van der Waals surface area contributed by atoms with Crippen molar-refractivity contribution in [1.29, 1.82) is 0 Å². The van der Waals surface area contributed by atoms with Gasteiger partial charge in [-0.2, -0.15) is 5.10 Å². The number of nitrogens with zero attached hydrogens (tertiary/aromatic N) is 2. The first-order chi connectivity index (χ1) is 10.1. The van der Waals surface area contributed by atoms with Crippen LogP contribution in [0.3, 0.4) is 0 Å². The Morgan fingerprint density at radius 1 is 1.33 bits per heavy atom. The summed E-state index contributed by atoms with van der Waals surface area (Å²) in [6.07, 6.45) is 2.06. The van der Waals surface area contributed by atoms with Crippen molar-refractivity contribution in [3.8, 4) is 0 Å². The lowest BCUT2D eigenvalue weighted by molar-refractivity contribution is 0.0696. The standard InChI is InChI=1S/C16H19N3O2/c1-10(2)13-8-5-9-19(13)16(21)14-11-6-3-4-7-12(11)15(20)18-17-14/h3-4,6-7,10,13H,5,8-9H2,1-2H3,(H,18,20). The molecule has 1 amide bonds. The van der Waals surface area contributed by atoms with Gasteiger partial charge in [-0.1, -0.05) is 32.0 Å². The van der Waals surface area contributed by atoms with E-state index >= 15 is 0 Å². The molecule has 2 aromatic rings. The summed E-state index contributed by atoms with van der Waals surface area (Å²) in [5, 5.41) is 7.59. The molecule has 1 aromatic carbocycles. The van der Waals surface area contributed by atoms with Crippen molar-refractivity contribution in [2.75, 3.05) is 6.54 Å². The van der Waals surface area contributed by atoms with E-state index in [1.54, 1.807) is 18.2 Å². The van der Waals surface area contributed by atoms with Crippen LogP contribution in [0.4, 0.5) is 0 Å². The van der Waals surface area contributed by atoms with Crippen molar-refractivity contribution in [1.82, 2.24) is 15.1 Å². The highest BCUT2D eigenvalue weighted by atomic mass is 16.2. The Balaban J connectivity index is 2.07. The van der Waals surface area contributed by atoms with Crippen LogP contribution in [0, 0.1) is 5.92 Å². The molecular formula is C16H19N3O2. The minimum atomic E-state index is -0.260. The van der Waals surface area contributed by atoms with Crippen molar-refractivity contribution >= 4 is 16.7 Å². The van der Waals surface area contributed by atoms with Crippen LogP contribution in [-0.4, -0.2) is 33.6 Å². The number of amides is 1. The number of likely N-dealkylation sites (tertiary alicyclic amines) is 1. The Labute approximate surface area is 123 Å². The van der Waals surface area contributed by atoms with Crippen molar-refractivity contribution in [2.24, 2.45) is 5.92 Å². The molecule has 110 valence electrons. The number of benzene rings is 1. The lowest BCUT2D eigenvalue weighted by Crippen LogP contribution is -2.39. The first kappa shape index (κ1) is 13.8. The van der Waals surface area contributed by atoms with Crippen LogP contribution in [0.15, 0.2) is 29.1 Å². The Kier molecular flexibility index (Phi) is 3.49. The van der Waals surface area contributed by atoms with Gasteiger partial charge in [-0.05, 0) is 24.8 Å². The molecule has 1 atom stereocenters. The van der Waals surface area contributed by atoms with Crippen LogP contribution < -0.4 is 5.56 Å². The van der Waals surface area contributed by atoms with Crippen molar-refractivity contribution in [3.05, 3.63) is 40.3 Å². The quantitative estimate of drug-likeness (QED) is 0.919. The fraction of sp³-hybridized carbons (Fsp3) is 0.438. The number of hydrogen-bond acceptors (Lipinski definition) is 3. The molecule has 2 heterocycles. The maximum absolute atomic E-state index is 12.8. The molecule has 0 spiro atoms. The maximum atomic E-state index is 12.8. The maximum Gasteiger partial charge on any atom is 0.275 e. The third-order valence-corrected chi connectivity index (χ3v) is 4.23. The smallest absolute Gasteiger partial charge is 0.275 e. The molecule has 1 aromatic heterocycles.